The summed E-state index contributed by atoms with van der Waals surface area (Å²) in [5.74, 6) is 1.50. The molecule has 0 N–H and O–H groups in total. The number of hydrogen-bond acceptors (Lipinski definition) is 9. The number of benzene rings is 1. The van der Waals surface area contributed by atoms with Gasteiger partial charge in [0.15, 0.2) is 0 Å². The average molecular weight is 478 g/mol. The van der Waals surface area contributed by atoms with E-state index in [1.807, 2.05) is 33.2 Å². The Bertz CT molecular complexity index is 1110. The van der Waals surface area contributed by atoms with Gasteiger partial charge in [-0.25, -0.2) is 9.67 Å². The third-order valence-electron chi connectivity index (χ3n) is 4.31. The highest BCUT2D eigenvalue weighted by Gasteiger charge is 2.15. The van der Waals surface area contributed by atoms with Crippen molar-refractivity contribution in [1.82, 2.24) is 44.7 Å². The lowest BCUT2D eigenvalue weighted by molar-refractivity contribution is 0.361. The third-order valence-corrected chi connectivity index (χ3v) is 6.12. The summed E-state index contributed by atoms with van der Waals surface area (Å²) in [7, 11) is 4.05. The lowest BCUT2D eigenvalue weighted by Gasteiger charge is -2.10. The topological polar surface area (TPSA) is 89.9 Å². The standard InChI is InChI=1S/C19H23N9S2.ClH/c1-14-13-16(30-19-22-24-25-27(19)11-10-26(2)3)28-17(20-14)21-18(23-28)29-12-9-15-7-5-4-6-8-15;/h4-8,13H,9-12H2,1-3H3;1H. The van der Waals surface area contributed by atoms with Crippen LogP contribution in [0.5, 0.6) is 0 Å². The Kier molecular flexibility index (Phi) is 8.24. The Morgan fingerprint density at radius 3 is 2.68 bits per heavy atom. The number of fused-ring (bicyclic) bond motifs is 1. The van der Waals surface area contributed by atoms with Gasteiger partial charge in [-0.3, -0.25) is 0 Å². The van der Waals surface area contributed by atoms with Gasteiger partial charge < -0.3 is 4.90 Å². The van der Waals surface area contributed by atoms with E-state index in [0.29, 0.717) is 12.3 Å². The molecule has 0 aliphatic carbocycles. The second kappa shape index (κ2) is 10.9. The van der Waals surface area contributed by atoms with Gasteiger partial charge in [0.1, 0.15) is 5.03 Å². The molecule has 0 fully saturated rings. The summed E-state index contributed by atoms with van der Waals surface area (Å²) in [5, 5.41) is 19.1. The van der Waals surface area contributed by atoms with Crippen molar-refractivity contribution in [1.29, 1.82) is 0 Å². The van der Waals surface area contributed by atoms with Crippen LogP contribution in [0.4, 0.5) is 0 Å². The van der Waals surface area contributed by atoms with Crippen LogP contribution < -0.4 is 0 Å². The summed E-state index contributed by atoms with van der Waals surface area (Å²) < 4.78 is 3.58. The third kappa shape index (κ3) is 6.16. The molecular weight excluding hydrogens is 454 g/mol. The maximum atomic E-state index is 4.67. The first-order valence-corrected chi connectivity index (χ1v) is 11.4. The van der Waals surface area contributed by atoms with E-state index in [0.717, 1.165) is 39.8 Å². The van der Waals surface area contributed by atoms with Crippen molar-refractivity contribution in [2.24, 2.45) is 0 Å². The minimum atomic E-state index is 0. The van der Waals surface area contributed by atoms with Crippen molar-refractivity contribution < 1.29 is 0 Å². The first-order valence-electron chi connectivity index (χ1n) is 9.58. The molecule has 4 rings (SSSR count). The lowest BCUT2D eigenvalue weighted by Crippen LogP contribution is -2.19. The number of likely N-dealkylation sites (N-methyl/N-ethyl adjacent to an activating group) is 1. The van der Waals surface area contributed by atoms with E-state index >= 15 is 0 Å². The number of hydrogen-bond donors (Lipinski definition) is 0. The summed E-state index contributed by atoms with van der Waals surface area (Å²) in [6, 6.07) is 12.4. The SMILES string of the molecule is Cc1cc(Sc2nnnn2CCN(C)C)n2nc(SCCc3ccccc3)nc2n1.Cl. The largest absolute Gasteiger partial charge is 0.308 e. The number of tetrazole rings is 1. The van der Waals surface area contributed by atoms with Crippen molar-refractivity contribution >= 4 is 41.7 Å². The van der Waals surface area contributed by atoms with Crippen molar-refractivity contribution in [3.63, 3.8) is 0 Å². The number of halogens is 1. The van der Waals surface area contributed by atoms with Gasteiger partial charge in [-0.15, -0.1) is 22.6 Å². The zero-order chi connectivity index (χ0) is 20.9. The highest BCUT2D eigenvalue weighted by Crippen LogP contribution is 2.27. The minimum absolute atomic E-state index is 0. The molecule has 4 aromatic rings. The van der Waals surface area contributed by atoms with Gasteiger partial charge in [0.25, 0.3) is 5.78 Å². The first kappa shape index (κ1) is 23.5. The molecule has 0 amide bonds. The fourth-order valence-electron chi connectivity index (χ4n) is 2.77. The zero-order valence-corrected chi connectivity index (χ0v) is 20.0. The number of aryl methyl sites for hydroxylation is 2. The Labute approximate surface area is 195 Å². The molecule has 0 atom stereocenters. The monoisotopic (exact) mass is 477 g/mol. The molecule has 3 aromatic heterocycles. The molecule has 31 heavy (non-hydrogen) atoms. The van der Waals surface area contributed by atoms with Crippen molar-refractivity contribution in [3.05, 3.63) is 47.7 Å². The summed E-state index contributed by atoms with van der Waals surface area (Å²) in [5.41, 5.74) is 2.19. The molecule has 0 unspecified atom stereocenters. The van der Waals surface area contributed by atoms with Crippen molar-refractivity contribution in [2.75, 3.05) is 26.4 Å². The molecule has 0 saturated carbocycles. The molecular formula is C19H24ClN9S2. The molecule has 3 heterocycles. The van der Waals surface area contributed by atoms with Crippen molar-refractivity contribution in [2.45, 2.75) is 35.2 Å². The van der Waals surface area contributed by atoms with Gasteiger partial charge in [-0.2, -0.15) is 9.50 Å². The fraction of sp³-hybridized carbons (Fsp3) is 0.368. The summed E-state index contributed by atoms with van der Waals surface area (Å²) in [4.78, 5) is 11.2. The van der Waals surface area contributed by atoms with E-state index < -0.39 is 0 Å². The van der Waals surface area contributed by atoms with Gasteiger partial charge in [0.05, 0.1) is 6.54 Å². The first-order chi connectivity index (χ1) is 14.6. The highest BCUT2D eigenvalue weighted by atomic mass is 35.5. The fourth-order valence-corrected chi connectivity index (χ4v) is 4.51. The maximum Gasteiger partial charge on any atom is 0.254 e. The van der Waals surface area contributed by atoms with E-state index in [9.17, 15) is 0 Å². The number of rotatable bonds is 9. The van der Waals surface area contributed by atoms with Gasteiger partial charge in [0.2, 0.25) is 10.3 Å². The number of thioether (sulfide) groups is 1. The molecule has 0 saturated heterocycles. The summed E-state index contributed by atoms with van der Waals surface area (Å²) >= 11 is 3.10. The zero-order valence-electron chi connectivity index (χ0n) is 17.5. The Balaban J connectivity index is 0.00000272. The summed E-state index contributed by atoms with van der Waals surface area (Å²) in [6.45, 7) is 3.53. The Morgan fingerprint density at radius 1 is 1.10 bits per heavy atom. The highest BCUT2D eigenvalue weighted by molar-refractivity contribution is 7.99. The quantitative estimate of drug-likeness (QED) is 0.266. The second-order valence-corrected chi connectivity index (χ2v) is 9.07. The summed E-state index contributed by atoms with van der Waals surface area (Å²) in [6.07, 6.45) is 0.968. The normalized spacial score (nSPS) is 11.2. The molecule has 1 aromatic carbocycles. The van der Waals surface area contributed by atoms with E-state index in [-0.39, 0.29) is 12.4 Å². The van der Waals surface area contributed by atoms with Gasteiger partial charge in [-0.05, 0) is 61.3 Å². The van der Waals surface area contributed by atoms with E-state index in [1.54, 1.807) is 21.0 Å². The maximum absolute atomic E-state index is 4.67. The minimum Gasteiger partial charge on any atom is -0.308 e. The molecule has 164 valence electrons. The average Bonchev–Trinajstić information content (AvgIpc) is 3.33. The predicted molar refractivity (Wildman–Crippen MR) is 124 cm³/mol. The van der Waals surface area contributed by atoms with Crippen molar-refractivity contribution in [3.8, 4) is 0 Å². The van der Waals surface area contributed by atoms with Crippen LogP contribution in [0.15, 0.2) is 51.7 Å². The predicted octanol–water partition coefficient (Wildman–Crippen LogP) is 2.89. The van der Waals surface area contributed by atoms with E-state index in [2.05, 4.69) is 59.8 Å². The molecule has 0 aliphatic rings. The molecule has 9 nitrogen and oxygen atoms in total. The van der Waals surface area contributed by atoms with Gasteiger partial charge in [-0.1, -0.05) is 42.1 Å². The number of aromatic nitrogens is 8. The second-order valence-electron chi connectivity index (χ2n) is 7.02. The van der Waals surface area contributed by atoms with E-state index in [1.165, 1.54) is 17.3 Å². The number of nitrogens with zero attached hydrogens (tertiary/aromatic N) is 9. The molecule has 0 radical (unpaired) electrons. The van der Waals surface area contributed by atoms with Crippen LogP contribution in [0, 0.1) is 6.92 Å². The van der Waals surface area contributed by atoms with Gasteiger partial charge >= 0.3 is 0 Å². The Hall–Kier alpha value is -2.21. The van der Waals surface area contributed by atoms with Crippen LogP contribution in [-0.2, 0) is 13.0 Å². The lowest BCUT2D eigenvalue weighted by atomic mass is 10.2. The van der Waals surface area contributed by atoms with Crippen LogP contribution >= 0.6 is 35.9 Å². The molecule has 12 heteroatoms. The van der Waals surface area contributed by atoms with Crippen LogP contribution in [0.2, 0.25) is 0 Å². The smallest absolute Gasteiger partial charge is 0.254 e. The molecule has 0 spiro atoms. The van der Waals surface area contributed by atoms with Crippen LogP contribution in [0.3, 0.4) is 0 Å². The molecule has 0 aliphatic heterocycles. The Morgan fingerprint density at radius 2 is 1.90 bits per heavy atom. The van der Waals surface area contributed by atoms with Crippen LogP contribution in [0.1, 0.15) is 11.3 Å². The van der Waals surface area contributed by atoms with E-state index in [4.69, 9.17) is 0 Å². The van der Waals surface area contributed by atoms with Crippen LogP contribution in [0.25, 0.3) is 5.78 Å². The molecule has 0 bridgehead atoms. The van der Waals surface area contributed by atoms with Crippen LogP contribution in [-0.4, -0.2) is 71.1 Å². The van der Waals surface area contributed by atoms with Gasteiger partial charge in [0, 0.05) is 18.0 Å².